The second-order valence-corrected chi connectivity index (χ2v) is 5.11. The summed E-state index contributed by atoms with van der Waals surface area (Å²) in [6.07, 6.45) is 6.88. The van der Waals surface area contributed by atoms with Crippen LogP contribution in [0.15, 0.2) is 42.5 Å². The molecule has 0 bridgehead atoms. The van der Waals surface area contributed by atoms with Crippen LogP contribution < -0.4 is 9.47 Å². The first kappa shape index (κ1) is 18.6. The molecule has 0 aliphatic carbocycles. The fourth-order valence-electron chi connectivity index (χ4n) is 2.23. The van der Waals surface area contributed by atoms with Gasteiger partial charge in [-0.3, -0.25) is 10.1 Å². The molecule has 2 aromatic rings. The number of ether oxygens (including phenoxy) is 2. The first-order valence-electron chi connectivity index (χ1n) is 7.78. The van der Waals surface area contributed by atoms with Crippen LogP contribution in [-0.2, 0) is 0 Å². The van der Waals surface area contributed by atoms with Gasteiger partial charge in [0.1, 0.15) is 6.61 Å². The Morgan fingerprint density at radius 3 is 2.54 bits per heavy atom. The molecule has 0 unspecified atom stereocenters. The largest absolute Gasteiger partial charge is 0.490 e. The van der Waals surface area contributed by atoms with Crippen molar-refractivity contribution >= 4 is 17.3 Å². The summed E-state index contributed by atoms with van der Waals surface area (Å²) in [5.41, 5.74) is 1.67. The quantitative estimate of drug-likeness (QED) is 0.247. The maximum Gasteiger partial charge on any atom is 0.269 e. The molecule has 0 spiro atoms. The van der Waals surface area contributed by atoms with E-state index in [0.717, 1.165) is 5.56 Å². The van der Waals surface area contributed by atoms with Crippen molar-refractivity contribution < 1.29 is 14.4 Å². The number of nitro groups is 1. The predicted molar refractivity (Wildman–Crippen MR) is 98.5 cm³/mol. The molecule has 0 saturated carbocycles. The summed E-state index contributed by atoms with van der Waals surface area (Å²) in [5, 5.41) is 20.2. The standard InChI is InChI=1S/C20H16N2O4/c1-3-11-26-19-10-5-15(13-20(19)25-4-2)12-17(14-21)16-6-8-18(9-7-16)22(23)24/h1,5-10,12-13H,4,11H2,2H3/b17-12-. The maximum atomic E-state index is 10.7. The van der Waals surface area contributed by atoms with E-state index < -0.39 is 4.92 Å². The molecule has 6 heteroatoms. The molecular weight excluding hydrogens is 332 g/mol. The highest BCUT2D eigenvalue weighted by Gasteiger charge is 2.09. The second-order valence-electron chi connectivity index (χ2n) is 5.11. The lowest BCUT2D eigenvalue weighted by molar-refractivity contribution is -0.384. The van der Waals surface area contributed by atoms with Crippen molar-refractivity contribution in [3.8, 4) is 29.9 Å². The van der Waals surface area contributed by atoms with E-state index >= 15 is 0 Å². The third kappa shape index (κ3) is 4.62. The fraction of sp³-hybridized carbons (Fsp3) is 0.150. The van der Waals surface area contributed by atoms with Gasteiger partial charge in [-0.25, -0.2) is 0 Å². The zero-order valence-corrected chi connectivity index (χ0v) is 14.1. The van der Waals surface area contributed by atoms with Crippen LogP contribution in [0.2, 0.25) is 0 Å². The molecule has 130 valence electrons. The minimum atomic E-state index is -0.483. The number of nitrogens with zero attached hydrogens (tertiary/aromatic N) is 2. The molecule has 0 amide bonds. The fourth-order valence-corrected chi connectivity index (χ4v) is 2.23. The molecular formula is C20H16N2O4. The summed E-state index contributed by atoms with van der Waals surface area (Å²) in [6, 6.07) is 13.2. The van der Waals surface area contributed by atoms with Crippen molar-refractivity contribution in [1.29, 1.82) is 5.26 Å². The Morgan fingerprint density at radius 2 is 1.96 bits per heavy atom. The van der Waals surface area contributed by atoms with Gasteiger partial charge >= 0.3 is 0 Å². The SMILES string of the molecule is C#CCOc1ccc(/C=C(/C#N)c2ccc([N+](=O)[O-])cc2)cc1OCC. The highest BCUT2D eigenvalue weighted by Crippen LogP contribution is 2.30. The Morgan fingerprint density at radius 1 is 1.23 bits per heavy atom. The van der Waals surface area contributed by atoms with Gasteiger partial charge in [0, 0.05) is 12.1 Å². The van der Waals surface area contributed by atoms with Crippen molar-refractivity contribution in [3.05, 3.63) is 63.7 Å². The second kappa shape index (κ2) is 8.91. The first-order valence-corrected chi connectivity index (χ1v) is 7.78. The number of benzene rings is 2. The normalized spacial score (nSPS) is 10.5. The van der Waals surface area contributed by atoms with Gasteiger partial charge in [-0.05, 0) is 48.4 Å². The lowest BCUT2D eigenvalue weighted by atomic mass is 10.0. The van der Waals surface area contributed by atoms with Crippen LogP contribution in [0.5, 0.6) is 11.5 Å². The van der Waals surface area contributed by atoms with Crippen LogP contribution >= 0.6 is 0 Å². The topological polar surface area (TPSA) is 85.4 Å². The minimum Gasteiger partial charge on any atom is -0.490 e. The molecule has 26 heavy (non-hydrogen) atoms. The predicted octanol–water partition coefficient (Wildman–Crippen LogP) is 4.07. The van der Waals surface area contributed by atoms with Crippen molar-refractivity contribution in [1.82, 2.24) is 0 Å². The Labute approximate surface area is 151 Å². The van der Waals surface area contributed by atoms with Crippen molar-refractivity contribution in [2.24, 2.45) is 0 Å². The molecule has 0 N–H and O–H groups in total. The zero-order valence-electron chi connectivity index (χ0n) is 14.1. The summed E-state index contributed by atoms with van der Waals surface area (Å²) in [6.45, 7) is 2.43. The smallest absolute Gasteiger partial charge is 0.269 e. The lowest BCUT2D eigenvalue weighted by Crippen LogP contribution is -1.99. The summed E-state index contributed by atoms with van der Waals surface area (Å²) in [4.78, 5) is 10.3. The highest BCUT2D eigenvalue weighted by molar-refractivity contribution is 5.90. The number of terminal acetylenes is 1. The van der Waals surface area contributed by atoms with Crippen LogP contribution in [0.3, 0.4) is 0 Å². The van der Waals surface area contributed by atoms with Crippen molar-refractivity contribution in [2.75, 3.05) is 13.2 Å². The molecule has 0 aromatic heterocycles. The van der Waals surface area contributed by atoms with Gasteiger partial charge in [0.25, 0.3) is 5.69 Å². The number of nitriles is 1. The average Bonchev–Trinajstić information content (AvgIpc) is 2.65. The zero-order chi connectivity index (χ0) is 18.9. The highest BCUT2D eigenvalue weighted by atomic mass is 16.6. The van der Waals surface area contributed by atoms with E-state index in [4.69, 9.17) is 15.9 Å². The van der Waals surface area contributed by atoms with Crippen LogP contribution in [0.4, 0.5) is 5.69 Å². The molecule has 0 aliphatic rings. The number of non-ortho nitro benzene ring substituents is 1. The van der Waals surface area contributed by atoms with E-state index in [1.54, 1.807) is 36.4 Å². The van der Waals surface area contributed by atoms with E-state index in [-0.39, 0.29) is 12.3 Å². The Kier molecular flexibility index (Phi) is 6.36. The molecule has 0 heterocycles. The van der Waals surface area contributed by atoms with Crippen LogP contribution in [-0.4, -0.2) is 18.1 Å². The maximum absolute atomic E-state index is 10.7. The van der Waals surface area contributed by atoms with Crippen molar-refractivity contribution in [3.63, 3.8) is 0 Å². The van der Waals surface area contributed by atoms with Gasteiger partial charge in [0.2, 0.25) is 0 Å². The third-order valence-electron chi connectivity index (χ3n) is 3.40. The van der Waals surface area contributed by atoms with E-state index in [2.05, 4.69) is 12.0 Å². The minimum absolute atomic E-state index is 0.0281. The van der Waals surface area contributed by atoms with Gasteiger partial charge in [-0.1, -0.05) is 12.0 Å². The van der Waals surface area contributed by atoms with Crippen molar-refractivity contribution in [2.45, 2.75) is 6.92 Å². The molecule has 0 fully saturated rings. The number of allylic oxidation sites excluding steroid dienone is 1. The van der Waals surface area contributed by atoms with Gasteiger partial charge in [-0.15, -0.1) is 6.42 Å². The Bertz CT molecular complexity index is 903. The molecule has 6 nitrogen and oxygen atoms in total. The van der Waals surface area contributed by atoms with Crippen LogP contribution in [0.25, 0.3) is 11.6 Å². The summed E-state index contributed by atoms with van der Waals surface area (Å²) in [5.74, 6) is 3.44. The van der Waals surface area contributed by atoms with Crippen LogP contribution in [0.1, 0.15) is 18.1 Å². The molecule has 0 saturated heterocycles. The lowest BCUT2D eigenvalue weighted by Gasteiger charge is -2.11. The first-order chi connectivity index (χ1) is 12.6. The monoisotopic (exact) mass is 348 g/mol. The van der Waals surface area contributed by atoms with Gasteiger partial charge in [-0.2, -0.15) is 5.26 Å². The average molecular weight is 348 g/mol. The molecule has 0 atom stereocenters. The molecule has 2 aromatic carbocycles. The third-order valence-corrected chi connectivity index (χ3v) is 3.40. The Hall–Kier alpha value is -3.77. The van der Waals surface area contributed by atoms with Gasteiger partial charge in [0.15, 0.2) is 11.5 Å². The molecule has 0 radical (unpaired) electrons. The van der Waals surface area contributed by atoms with Gasteiger partial charge in [0.05, 0.1) is 23.2 Å². The summed E-state index contributed by atoms with van der Waals surface area (Å²) >= 11 is 0. The number of hydrogen-bond acceptors (Lipinski definition) is 5. The van der Waals surface area contributed by atoms with E-state index in [1.807, 2.05) is 6.92 Å². The molecule has 2 rings (SSSR count). The molecule has 0 aliphatic heterocycles. The Balaban J connectivity index is 2.36. The number of nitro benzene ring substituents is 1. The van der Waals surface area contributed by atoms with Gasteiger partial charge < -0.3 is 9.47 Å². The van der Waals surface area contributed by atoms with E-state index in [1.165, 1.54) is 12.1 Å². The number of hydrogen-bond donors (Lipinski definition) is 0. The van der Waals surface area contributed by atoms with E-state index in [9.17, 15) is 15.4 Å². The summed E-state index contributed by atoms with van der Waals surface area (Å²) in [7, 11) is 0. The number of rotatable bonds is 7. The van der Waals surface area contributed by atoms with E-state index in [0.29, 0.717) is 29.2 Å². The summed E-state index contributed by atoms with van der Waals surface area (Å²) < 4.78 is 11.0. The van der Waals surface area contributed by atoms with Crippen LogP contribution in [0, 0.1) is 33.8 Å².